The van der Waals surface area contributed by atoms with E-state index in [4.69, 9.17) is 23.2 Å². The first-order valence-corrected chi connectivity index (χ1v) is 7.81. The van der Waals surface area contributed by atoms with Crippen LogP contribution in [0, 0.1) is 0 Å². The first-order chi connectivity index (χ1) is 10.6. The molecule has 4 nitrogen and oxygen atoms in total. The summed E-state index contributed by atoms with van der Waals surface area (Å²) >= 11 is 13.4. The number of phenols is 1. The van der Waals surface area contributed by atoms with Crippen LogP contribution in [0.25, 0.3) is 10.6 Å². The molecule has 0 amide bonds. The van der Waals surface area contributed by atoms with E-state index in [1.165, 1.54) is 11.3 Å². The molecule has 0 spiro atoms. The van der Waals surface area contributed by atoms with Crippen molar-refractivity contribution in [2.75, 3.05) is 0 Å². The van der Waals surface area contributed by atoms with Crippen molar-refractivity contribution in [3.05, 3.63) is 58.1 Å². The molecule has 0 aliphatic rings. The van der Waals surface area contributed by atoms with Gasteiger partial charge in [0.2, 0.25) is 5.13 Å². The lowest BCUT2D eigenvalue weighted by molar-refractivity contribution is 0.475. The normalized spacial score (nSPS) is 11.2. The number of rotatable bonds is 3. The molecule has 22 heavy (non-hydrogen) atoms. The second kappa shape index (κ2) is 6.44. The van der Waals surface area contributed by atoms with Crippen molar-refractivity contribution in [3.8, 4) is 16.3 Å². The highest BCUT2D eigenvalue weighted by Crippen LogP contribution is 2.34. The Morgan fingerprint density at radius 3 is 2.55 bits per heavy atom. The molecule has 0 atom stereocenters. The van der Waals surface area contributed by atoms with Gasteiger partial charge in [0, 0.05) is 16.8 Å². The second-order valence-electron chi connectivity index (χ2n) is 4.36. The summed E-state index contributed by atoms with van der Waals surface area (Å²) in [4.78, 5) is 4.27. The number of phenolic OH excluding ortho intramolecular Hbond substituents is 1. The number of aromatic nitrogens is 2. The van der Waals surface area contributed by atoms with Gasteiger partial charge in [-0.05, 0) is 48.0 Å². The molecule has 0 bridgehead atoms. The number of benzene rings is 2. The quantitative estimate of drug-likeness (QED) is 0.679. The van der Waals surface area contributed by atoms with E-state index >= 15 is 0 Å². The van der Waals surface area contributed by atoms with E-state index in [1.807, 2.05) is 0 Å². The first kappa shape index (κ1) is 15.0. The third kappa shape index (κ3) is 3.44. The predicted octanol–water partition coefficient (Wildman–Crippen LogP) is 4.97. The van der Waals surface area contributed by atoms with Crippen molar-refractivity contribution in [2.24, 2.45) is 4.99 Å². The molecule has 1 aromatic heterocycles. The monoisotopic (exact) mass is 349 g/mol. The third-order valence-corrected chi connectivity index (χ3v) is 4.21. The zero-order valence-electron chi connectivity index (χ0n) is 11.1. The van der Waals surface area contributed by atoms with Gasteiger partial charge >= 0.3 is 0 Å². The van der Waals surface area contributed by atoms with E-state index in [0.717, 1.165) is 11.1 Å². The van der Waals surface area contributed by atoms with Crippen LogP contribution in [0.3, 0.4) is 0 Å². The average molecular weight is 350 g/mol. The molecule has 0 aliphatic heterocycles. The molecular weight excluding hydrogens is 341 g/mol. The molecule has 0 fully saturated rings. The van der Waals surface area contributed by atoms with E-state index in [1.54, 1.807) is 48.7 Å². The Labute approximate surface area is 140 Å². The number of halogens is 2. The Balaban J connectivity index is 1.83. The summed E-state index contributed by atoms with van der Waals surface area (Å²) < 4.78 is 0. The standard InChI is InChI=1S/C15H9Cl2N3OS/c16-10-3-6-12(13(17)7-10)14-19-20-15(22-14)18-8-9-1-4-11(21)5-2-9/h1-8,21H. The summed E-state index contributed by atoms with van der Waals surface area (Å²) in [5.74, 6) is 0.215. The number of aliphatic imine (C=N–C) groups is 1. The molecule has 110 valence electrons. The highest BCUT2D eigenvalue weighted by Gasteiger charge is 2.10. The van der Waals surface area contributed by atoms with E-state index in [0.29, 0.717) is 20.2 Å². The number of aromatic hydroxyl groups is 1. The zero-order valence-corrected chi connectivity index (χ0v) is 13.4. The molecule has 3 aromatic rings. The Bertz CT molecular complexity index is 831. The molecule has 1 heterocycles. The smallest absolute Gasteiger partial charge is 0.231 e. The van der Waals surface area contributed by atoms with Gasteiger partial charge in [0.05, 0.1) is 5.02 Å². The van der Waals surface area contributed by atoms with Gasteiger partial charge in [0.25, 0.3) is 0 Å². The summed E-state index contributed by atoms with van der Waals surface area (Å²) in [6.07, 6.45) is 1.66. The maximum atomic E-state index is 9.23. The van der Waals surface area contributed by atoms with Gasteiger partial charge in [-0.2, -0.15) is 0 Å². The van der Waals surface area contributed by atoms with Gasteiger partial charge in [-0.1, -0.05) is 34.5 Å². The molecule has 0 saturated heterocycles. The van der Waals surface area contributed by atoms with Crippen LogP contribution >= 0.6 is 34.5 Å². The lowest BCUT2D eigenvalue weighted by Crippen LogP contribution is -1.79. The van der Waals surface area contributed by atoms with Gasteiger partial charge in [-0.3, -0.25) is 0 Å². The van der Waals surface area contributed by atoms with Gasteiger partial charge in [-0.25, -0.2) is 4.99 Å². The zero-order chi connectivity index (χ0) is 15.5. The Morgan fingerprint density at radius 1 is 1.05 bits per heavy atom. The maximum Gasteiger partial charge on any atom is 0.231 e. The average Bonchev–Trinajstić information content (AvgIpc) is 2.95. The van der Waals surface area contributed by atoms with E-state index in [2.05, 4.69) is 15.2 Å². The van der Waals surface area contributed by atoms with Crippen LogP contribution in [-0.4, -0.2) is 21.5 Å². The Hall–Kier alpha value is -1.95. The summed E-state index contributed by atoms with van der Waals surface area (Å²) in [5.41, 5.74) is 1.63. The van der Waals surface area contributed by atoms with Crippen molar-refractivity contribution in [3.63, 3.8) is 0 Å². The van der Waals surface area contributed by atoms with Gasteiger partial charge in [-0.15, -0.1) is 10.2 Å². The van der Waals surface area contributed by atoms with Crippen LogP contribution in [0.15, 0.2) is 47.5 Å². The van der Waals surface area contributed by atoms with Gasteiger partial charge < -0.3 is 5.11 Å². The lowest BCUT2D eigenvalue weighted by Gasteiger charge is -1.98. The molecule has 0 radical (unpaired) electrons. The number of hydrogen-bond acceptors (Lipinski definition) is 5. The molecular formula is C15H9Cl2N3OS. The van der Waals surface area contributed by atoms with Crippen molar-refractivity contribution < 1.29 is 5.11 Å². The predicted molar refractivity (Wildman–Crippen MR) is 90.7 cm³/mol. The van der Waals surface area contributed by atoms with Gasteiger partial charge in [0.1, 0.15) is 5.75 Å². The fourth-order valence-electron chi connectivity index (χ4n) is 1.73. The van der Waals surface area contributed by atoms with Crippen LogP contribution in [0.5, 0.6) is 5.75 Å². The summed E-state index contributed by atoms with van der Waals surface area (Å²) in [6.45, 7) is 0. The van der Waals surface area contributed by atoms with Crippen molar-refractivity contribution in [1.82, 2.24) is 10.2 Å². The molecule has 2 aromatic carbocycles. The minimum absolute atomic E-state index is 0.215. The summed E-state index contributed by atoms with van der Waals surface area (Å²) in [5, 5.41) is 19.6. The molecule has 7 heteroatoms. The van der Waals surface area contributed by atoms with Gasteiger partial charge in [0.15, 0.2) is 5.01 Å². The third-order valence-electron chi connectivity index (χ3n) is 2.79. The first-order valence-electron chi connectivity index (χ1n) is 6.24. The molecule has 0 aliphatic carbocycles. The van der Waals surface area contributed by atoms with Crippen LogP contribution in [-0.2, 0) is 0 Å². The fourth-order valence-corrected chi connectivity index (χ4v) is 3.01. The molecule has 0 unspecified atom stereocenters. The minimum Gasteiger partial charge on any atom is -0.508 e. The van der Waals surface area contributed by atoms with E-state index < -0.39 is 0 Å². The Morgan fingerprint density at radius 2 is 1.82 bits per heavy atom. The van der Waals surface area contributed by atoms with E-state index in [-0.39, 0.29) is 5.75 Å². The molecule has 0 saturated carbocycles. The topological polar surface area (TPSA) is 58.4 Å². The van der Waals surface area contributed by atoms with E-state index in [9.17, 15) is 5.11 Å². The minimum atomic E-state index is 0.215. The number of hydrogen-bond donors (Lipinski definition) is 1. The van der Waals surface area contributed by atoms with Crippen molar-refractivity contribution >= 4 is 45.9 Å². The second-order valence-corrected chi connectivity index (χ2v) is 6.16. The lowest BCUT2D eigenvalue weighted by atomic mass is 10.2. The highest BCUT2D eigenvalue weighted by atomic mass is 35.5. The molecule has 3 rings (SSSR count). The summed E-state index contributed by atoms with van der Waals surface area (Å²) in [7, 11) is 0. The highest BCUT2D eigenvalue weighted by molar-refractivity contribution is 7.18. The summed E-state index contributed by atoms with van der Waals surface area (Å²) in [6, 6.07) is 11.9. The van der Waals surface area contributed by atoms with Crippen LogP contribution in [0.2, 0.25) is 10.0 Å². The molecule has 1 N–H and O–H groups in total. The van der Waals surface area contributed by atoms with Crippen molar-refractivity contribution in [2.45, 2.75) is 0 Å². The van der Waals surface area contributed by atoms with Crippen LogP contribution in [0.4, 0.5) is 5.13 Å². The SMILES string of the molecule is Oc1ccc(C=Nc2nnc(-c3ccc(Cl)cc3Cl)s2)cc1. The van der Waals surface area contributed by atoms with Crippen molar-refractivity contribution in [1.29, 1.82) is 0 Å². The fraction of sp³-hybridized carbons (Fsp3) is 0. The largest absolute Gasteiger partial charge is 0.508 e. The Kier molecular flexibility index (Phi) is 4.38. The van der Waals surface area contributed by atoms with Crippen LogP contribution in [0.1, 0.15) is 5.56 Å². The number of nitrogens with zero attached hydrogens (tertiary/aromatic N) is 3. The maximum absolute atomic E-state index is 9.23. The van der Waals surface area contributed by atoms with Crippen LogP contribution < -0.4 is 0 Å².